The highest BCUT2D eigenvalue weighted by Crippen LogP contribution is 2.21. The Balaban J connectivity index is 1.66. The van der Waals surface area contributed by atoms with Gasteiger partial charge in [0.15, 0.2) is 5.69 Å². The molecule has 128 valence electrons. The number of hydrogen-bond donors (Lipinski definition) is 1. The molecule has 0 aliphatic carbocycles. The second kappa shape index (κ2) is 8.08. The van der Waals surface area contributed by atoms with E-state index in [4.69, 9.17) is 9.47 Å². The van der Waals surface area contributed by atoms with Gasteiger partial charge in [0, 0.05) is 31.3 Å². The molecule has 3 rings (SSSR count). The lowest BCUT2D eigenvalue weighted by atomic mass is 10.1. The number of rotatable bonds is 7. The second-order valence-electron chi connectivity index (χ2n) is 5.78. The Morgan fingerprint density at radius 3 is 3.00 bits per heavy atom. The van der Waals surface area contributed by atoms with E-state index < -0.39 is 0 Å². The number of benzene rings is 1. The largest absolute Gasteiger partial charge is 0.383 e. The van der Waals surface area contributed by atoms with Gasteiger partial charge in [-0.05, 0) is 12.0 Å². The molecule has 0 spiro atoms. The predicted molar refractivity (Wildman–Crippen MR) is 89.9 cm³/mol. The quantitative estimate of drug-likeness (QED) is 0.837. The minimum atomic E-state index is -0.135. The van der Waals surface area contributed by atoms with Crippen molar-refractivity contribution in [2.75, 3.05) is 26.9 Å². The summed E-state index contributed by atoms with van der Waals surface area (Å²) in [4.78, 5) is 12.5. The number of carbonyl (C=O) groups is 1. The molecule has 1 aromatic heterocycles. The van der Waals surface area contributed by atoms with Gasteiger partial charge in [0.25, 0.3) is 5.91 Å². The normalized spacial score (nSPS) is 13.5. The molecule has 1 aliphatic heterocycles. The monoisotopic (exact) mass is 329 g/mol. The molecule has 1 aromatic carbocycles. The summed E-state index contributed by atoms with van der Waals surface area (Å²) >= 11 is 0. The molecule has 0 fully saturated rings. The maximum atomic E-state index is 12.5. The Morgan fingerprint density at radius 1 is 1.38 bits per heavy atom. The summed E-state index contributed by atoms with van der Waals surface area (Å²) in [5, 5.41) is 7.46. The van der Waals surface area contributed by atoms with Crippen LogP contribution in [0.1, 0.15) is 27.3 Å². The zero-order valence-corrected chi connectivity index (χ0v) is 14.0. The van der Waals surface area contributed by atoms with Crippen LogP contribution in [-0.2, 0) is 35.5 Å². The van der Waals surface area contributed by atoms with Gasteiger partial charge >= 0.3 is 0 Å². The maximum Gasteiger partial charge on any atom is 0.272 e. The van der Waals surface area contributed by atoms with E-state index in [0.717, 1.165) is 24.1 Å². The first-order valence-corrected chi connectivity index (χ1v) is 8.27. The number of hydrogen-bond acceptors (Lipinski definition) is 4. The van der Waals surface area contributed by atoms with Crippen LogP contribution in [0.2, 0.25) is 0 Å². The second-order valence-corrected chi connectivity index (χ2v) is 5.78. The number of ether oxygens (including phenoxy) is 2. The average molecular weight is 329 g/mol. The number of carbonyl (C=O) groups excluding carboxylic acids is 1. The molecule has 0 saturated heterocycles. The van der Waals surface area contributed by atoms with E-state index >= 15 is 0 Å². The Bertz CT molecular complexity index is 682. The van der Waals surface area contributed by atoms with Crippen molar-refractivity contribution < 1.29 is 14.3 Å². The van der Waals surface area contributed by atoms with Gasteiger partial charge < -0.3 is 14.8 Å². The highest BCUT2D eigenvalue weighted by molar-refractivity contribution is 5.94. The van der Waals surface area contributed by atoms with Crippen LogP contribution in [0.3, 0.4) is 0 Å². The fourth-order valence-electron chi connectivity index (χ4n) is 2.90. The molecule has 0 unspecified atom stereocenters. The maximum absolute atomic E-state index is 12.5. The van der Waals surface area contributed by atoms with Gasteiger partial charge in [0.2, 0.25) is 0 Å². The summed E-state index contributed by atoms with van der Waals surface area (Å²) < 4.78 is 12.5. The summed E-state index contributed by atoms with van der Waals surface area (Å²) in [6, 6.07) is 10.1. The first-order valence-electron chi connectivity index (χ1n) is 8.27. The van der Waals surface area contributed by atoms with Crippen LogP contribution in [0.25, 0.3) is 0 Å². The van der Waals surface area contributed by atoms with E-state index in [-0.39, 0.29) is 5.91 Å². The molecule has 0 bridgehead atoms. The molecule has 1 N–H and O–H groups in total. The standard InChI is InChI=1S/C18H23N3O3/c1-23-12-10-21-16-8-11-24-13-15(16)17(20-21)18(22)19-9-7-14-5-3-2-4-6-14/h2-6H,7-13H2,1H3,(H,19,22). The van der Waals surface area contributed by atoms with Crippen LogP contribution in [-0.4, -0.2) is 42.6 Å². The first kappa shape index (κ1) is 16.7. The first-order chi connectivity index (χ1) is 11.8. The molecule has 6 heteroatoms. The van der Waals surface area contributed by atoms with Gasteiger partial charge in [0.05, 0.1) is 26.4 Å². The SMILES string of the molecule is COCCn1nc(C(=O)NCCc2ccccc2)c2c1CCOC2. The van der Waals surface area contributed by atoms with Gasteiger partial charge in [-0.15, -0.1) is 0 Å². The van der Waals surface area contributed by atoms with E-state index in [1.807, 2.05) is 22.9 Å². The third-order valence-corrected chi connectivity index (χ3v) is 4.16. The third kappa shape index (κ3) is 3.83. The van der Waals surface area contributed by atoms with Crippen LogP contribution >= 0.6 is 0 Å². The van der Waals surface area contributed by atoms with Gasteiger partial charge in [-0.1, -0.05) is 30.3 Å². The van der Waals surface area contributed by atoms with Crippen molar-refractivity contribution in [3.8, 4) is 0 Å². The van der Waals surface area contributed by atoms with Gasteiger partial charge in [-0.25, -0.2) is 0 Å². The van der Waals surface area contributed by atoms with Gasteiger partial charge in [-0.3, -0.25) is 9.48 Å². The third-order valence-electron chi connectivity index (χ3n) is 4.16. The lowest BCUT2D eigenvalue weighted by molar-refractivity contribution is 0.0925. The lowest BCUT2D eigenvalue weighted by Crippen LogP contribution is -2.27. The summed E-state index contributed by atoms with van der Waals surface area (Å²) in [5.41, 5.74) is 3.68. The average Bonchev–Trinajstić information content (AvgIpc) is 3.00. The summed E-state index contributed by atoms with van der Waals surface area (Å²) in [5.74, 6) is -0.135. The Kier molecular flexibility index (Phi) is 5.61. The van der Waals surface area contributed by atoms with Gasteiger partial charge in [0.1, 0.15) is 0 Å². The zero-order chi connectivity index (χ0) is 16.8. The van der Waals surface area contributed by atoms with Crippen molar-refractivity contribution in [3.63, 3.8) is 0 Å². The van der Waals surface area contributed by atoms with Crippen molar-refractivity contribution in [2.24, 2.45) is 0 Å². The number of aromatic nitrogens is 2. The summed E-state index contributed by atoms with van der Waals surface area (Å²) in [6.45, 7) is 2.92. The van der Waals surface area contributed by atoms with Gasteiger partial charge in [-0.2, -0.15) is 5.10 Å². The Hall–Kier alpha value is -2.18. The van der Waals surface area contributed by atoms with Crippen LogP contribution in [0.15, 0.2) is 30.3 Å². The van der Waals surface area contributed by atoms with Crippen molar-refractivity contribution in [1.29, 1.82) is 0 Å². The van der Waals surface area contributed by atoms with E-state index in [0.29, 0.717) is 38.6 Å². The van der Waals surface area contributed by atoms with E-state index in [9.17, 15) is 4.79 Å². The number of nitrogens with one attached hydrogen (secondary N) is 1. The smallest absolute Gasteiger partial charge is 0.272 e. The van der Waals surface area contributed by atoms with Crippen LogP contribution < -0.4 is 5.32 Å². The zero-order valence-electron chi connectivity index (χ0n) is 14.0. The minimum absolute atomic E-state index is 0.135. The van der Waals surface area contributed by atoms with E-state index in [1.165, 1.54) is 5.56 Å². The fraction of sp³-hybridized carbons (Fsp3) is 0.444. The molecule has 0 saturated carbocycles. The molecule has 6 nitrogen and oxygen atoms in total. The van der Waals surface area contributed by atoms with Crippen LogP contribution in [0.4, 0.5) is 0 Å². The summed E-state index contributed by atoms with van der Waals surface area (Å²) in [6.07, 6.45) is 1.58. The Labute approximate surface area is 141 Å². The van der Waals surface area contributed by atoms with Crippen LogP contribution in [0.5, 0.6) is 0 Å². The van der Waals surface area contributed by atoms with Crippen molar-refractivity contribution in [1.82, 2.24) is 15.1 Å². The molecule has 0 radical (unpaired) electrons. The number of fused-ring (bicyclic) bond motifs is 1. The number of nitrogens with zero attached hydrogens (tertiary/aromatic N) is 2. The van der Waals surface area contributed by atoms with E-state index in [2.05, 4.69) is 22.5 Å². The molecule has 0 atom stereocenters. The highest BCUT2D eigenvalue weighted by atomic mass is 16.5. The molecule has 24 heavy (non-hydrogen) atoms. The fourth-order valence-corrected chi connectivity index (χ4v) is 2.90. The van der Waals surface area contributed by atoms with Crippen molar-refractivity contribution >= 4 is 5.91 Å². The van der Waals surface area contributed by atoms with Crippen LogP contribution in [0, 0.1) is 0 Å². The molecule has 1 aliphatic rings. The number of methoxy groups -OCH3 is 1. The number of amides is 1. The van der Waals surface area contributed by atoms with Crippen molar-refractivity contribution in [3.05, 3.63) is 52.8 Å². The lowest BCUT2D eigenvalue weighted by Gasteiger charge is -2.14. The van der Waals surface area contributed by atoms with Crippen molar-refractivity contribution in [2.45, 2.75) is 26.0 Å². The molecule has 2 aromatic rings. The minimum Gasteiger partial charge on any atom is -0.383 e. The Morgan fingerprint density at radius 2 is 2.21 bits per heavy atom. The summed E-state index contributed by atoms with van der Waals surface area (Å²) in [7, 11) is 1.66. The molecule has 2 heterocycles. The molecule has 1 amide bonds. The molecular weight excluding hydrogens is 306 g/mol. The topological polar surface area (TPSA) is 65.4 Å². The predicted octanol–water partition coefficient (Wildman–Crippen LogP) is 1.57. The van der Waals surface area contributed by atoms with E-state index in [1.54, 1.807) is 7.11 Å². The highest BCUT2D eigenvalue weighted by Gasteiger charge is 2.25. The molecular formula is C18H23N3O3.